The standard InChI is InChI=1S/C20H31N3O3/c1-15-6-7-19(23(24)25)18(13-15)21-16-8-11-22(12-9-16)20(2)10-4-5-17(14-20)26-3/h6-7,13,16-17,21H,4-5,8-12,14H2,1-3H3/t17-,20+/m1/s1. The van der Waals surface area contributed by atoms with Crippen molar-refractivity contribution in [3.05, 3.63) is 33.9 Å². The Kier molecular flexibility index (Phi) is 5.82. The zero-order valence-corrected chi connectivity index (χ0v) is 16.2. The molecule has 1 aromatic carbocycles. The summed E-state index contributed by atoms with van der Waals surface area (Å²) in [5.74, 6) is 0. The number of nitrogens with zero attached hydrogens (tertiary/aromatic N) is 2. The fourth-order valence-corrected chi connectivity index (χ4v) is 4.60. The Hall–Kier alpha value is -1.66. The van der Waals surface area contributed by atoms with Crippen LogP contribution in [-0.2, 0) is 4.74 Å². The molecule has 0 amide bonds. The molecule has 26 heavy (non-hydrogen) atoms. The van der Waals surface area contributed by atoms with E-state index < -0.39 is 0 Å². The molecule has 0 radical (unpaired) electrons. The van der Waals surface area contributed by atoms with Gasteiger partial charge in [-0.3, -0.25) is 15.0 Å². The number of nitrogens with one attached hydrogen (secondary N) is 1. The van der Waals surface area contributed by atoms with E-state index in [4.69, 9.17) is 4.74 Å². The normalized spacial score (nSPS) is 28.0. The van der Waals surface area contributed by atoms with Crippen LogP contribution in [0.4, 0.5) is 11.4 Å². The van der Waals surface area contributed by atoms with Crippen molar-refractivity contribution in [3.8, 4) is 0 Å². The number of aryl methyl sites for hydroxylation is 1. The molecule has 1 heterocycles. The van der Waals surface area contributed by atoms with Gasteiger partial charge in [-0.2, -0.15) is 0 Å². The van der Waals surface area contributed by atoms with Gasteiger partial charge in [0.2, 0.25) is 0 Å². The average molecular weight is 361 g/mol. The molecule has 1 saturated heterocycles. The van der Waals surface area contributed by atoms with Crippen LogP contribution in [0.25, 0.3) is 0 Å². The van der Waals surface area contributed by atoms with Crippen molar-refractivity contribution in [3.63, 3.8) is 0 Å². The highest BCUT2D eigenvalue weighted by Crippen LogP contribution is 2.37. The zero-order valence-electron chi connectivity index (χ0n) is 16.2. The topological polar surface area (TPSA) is 67.6 Å². The number of hydrogen-bond acceptors (Lipinski definition) is 5. The van der Waals surface area contributed by atoms with Gasteiger partial charge < -0.3 is 10.1 Å². The number of anilines is 1. The lowest BCUT2D eigenvalue weighted by Crippen LogP contribution is -2.54. The van der Waals surface area contributed by atoms with Gasteiger partial charge in [0.15, 0.2) is 0 Å². The van der Waals surface area contributed by atoms with Crippen molar-refractivity contribution in [1.29, 1.82) is 0 Å². The smallest absolute Gasteiger partial charge is 0.292 e. The molecule has 2 fully saturated rings. The molecule has 6 heteroatoms. The Bertz CT molecular complexity index is 643. The molecule has 3 rings (SSSR count). The number of ether oxygens (including phenoxy) is 1. The maximum atomic E-state index is 11.3. The number of benzene rings is 1. The molecule has 0 spiro atoms. The second-order valence-electron chi connectivity index (χ2n) is 8.13. The highest BCUT2D eigenvalue weighted by Gasteiger charge is 2.39. The lowest BCUT2D eigenvalue weighted by molar-refractivity contribution is -0.384. The lowest BCUT2D eigenvalue weighted by atomic mass is 9.79. The third-order valence-electron chi connectivity index (χ3n) is 6.21. The van der Waals surface area contributed by atoms with Gasteiger partial charge in [0.05, 0.1) is 11.0 Å². The molecule has 0 unspecified atom stereocenters. The van der Waals surface area contributed by atoms with E-state index in [2.05, 4.69) is 17.1 Å². The van der Waals surface area contributed by atoms with Crippen LogP contribution >= 0.6 is 0 Å². The van der Waals surface area contributed by atoms with Gasteiger partial charge in [-0.25, -0.2) is 0 Å². The molecule has 0 aromatic heterocycles. The number of nitro benzene ring substituents is 1. The molecule has 1 saturated carbocycles. The van der Waals surface area contributed by atoms with Crippen molar-refractivity contribution >= 4 is 11.4 Å². The van der Waals surface area contributed by atoms with Crippen LogP contribution < -0.4 is 5.32 Å². The van der Waals surface area contributed by atoms with Crippen LogP contribution in [0.1, 0.15) is 51.0 Å². The minimum atomic E-state index is -0.301. The van der Waals surface area contributed by atoms with Crippen molar-refractivity contribution < 1.29 is 9.66 Å². The summed E-state index contributed by atoms with van der Waals surface area (Å²) in [5.41, 5.74) is 2.08. The van der Waals surface area contributed by atoms with Gasteiger partial charge in [0.1, 0.15) is 5.69 Å². The molecule has 1 aromatic rings. The summed E-state index contributed by atoms with van der Waals surface area (Å²) in [6, 6.07) is 5.57. The van der Waals surface area contributed by atoms with E-state index in [-0.39, 0.29) is 22.2 Å². The number of rotatable bonds is 5. The van der Waals surface area contributed by atoms with Crippen molar-refractivity contribution in [2.45, 2.75) is 70.1 Å². The van der Waals surface area contributed by atoms with Crippen LogP contribution in [-0.4, -0.2) is 47.7 Å². The molecule has 6 nitrogen and oxygen atoms in total. The Morgan fingerprint density at radius 2 is 2.04 bits per heavy atom. The number of nitro groups is 1. The summed E-state index contributed by atoms with van der Waals surface area (Å²) in [6.45, 7) is 6.40. The molecule has 1 aliphatic heterocycles. The van der Waals surface area contributed by atoms with Crippen LogP contribution in [0, 0.1) is 17.0 Å². The Morgan fingerprint density at radius 1 is 1.31 bits per heavy atom. The molecular formula is C20H31N3O3. The van der Waals surface area contributed by atoms with Crippen LogP contribution in [0.3, 0.4) is 0 Å². The molecule has 1 N–H and O–H groups in total. The number of methoxy groups -OCH3 is 1. The zero-order chi connectivity index (χ0) is 18.7. The third kappa shape index (κ3) is 4.18. The third-order valence-corrected chi connectivity index (χ3v) is 6.21. The quantitative estimate of drug-likeness (QED) is 0.631. The highest BCUT2D eigenvalue weighted by molar-refractivity contribution is 5.63. The van der Waals surface area contributed by atoms with E-state index >= 15 is 0 Å². The summed E-state index contributed by atoms with van der Waals surface area (Å²) in [4.78, 5) is 13.6. The first-order valence-corrected chi connectivity index (χ1v) is 9.71. The number of piperidine rings is 1. The SMILES string of the molecule is CO[C@@H]1CCC[C@](C)(N2CCC(Nc3cc(C)ccc3[N+](=O)[O-])CC2)C1. The fraction of sp³-hybridized carbons (Fsp3) is 0.700. The molecule has 1 aliphatic carbocycles. The van der Waals surface area contributed by atoms with Gasteiger partial charge in [-0.1, -0.05) is 6.07 Å². The Morgan fingerprint density at radius 3 is 2.69 bits per heavy atom. The maximum absolute atomic E-state index is 11.3. The van der Waals surface area contributed by atoms with E-state index in [0.29, 0.717) is 11.8 Å². The van der Waals surface area contributed by atoms with E-state index in [1.165, 1.54) is 19.3 Å². The predicted octanol–water partition coefficient (Wildman–Crippen LogP) is 4.13. The first kappa shape index (κ1) is 19.1. The van der Waals surface area contributed by atoms with Gasteiger partial charge >= 0.3 is 0 Å². The Balaban J connectivity index is 1.61. The molecule has 2 aliphatic rings. The number of likely N-dealkylation sites (tertiary alicyclic amines) is 1. The van der Waals surface area contributed by atoms with Crippen molar-refractivity contribution in [2.24, 2.45) is 0 Å². The minimum absolute atomic E-state index is 0.167. The molecular weight excluding hydrogens is 330 g/mol. The molecule has 144 valence electrons. The van der Waals surface area contributed by atoms with Crippen molar-refractivity contribution in [2.75, 3.05) is 25.5 Å². The van der Waals surface area contributed by atoms with E-state index in [0.717, 1.165) is 37.9 Å². The van der Waals surface area contributed by atoms with Gasteiger partial charge in [0, 0.05) is 37.8 Å². The predicted molar refractivity (Wildman–Crippen MR) is 104 cm³/mol. The summed E-state index contributed by atoms with van der Waals surface area (Å²) in [7, 11) is 1.82. The first-order valence-electron chi connectivity index (χ1n) is 9.71. The largest absolute Gasteiger partial charge is 0.381 e. The lowest BCUT2D eigenvalue weighted by Gasteiger charge is -2.49. The summed E-state index contributed by atoms with van der Waals surface area (Å²) < 4.78 is 5.62. The maximum Gasteiger partial charge on any atom is 0.292 e. The summed E-state index contributed by atoms with van der Waals surface area (Å²) in [6.07, 6.45) is 7.12. The average Bonchev–Trinajstić information content (AvgIpc) is 2.62. The van der Waals surface area contributed by atoms with E-state index in [9.17, 15) is 10.1 Å². The summed E-state index contributed by atoms with van der Waals surface area (Å²) >= 11 is 0. The monoisotopic (exact) mass is 361 g/mol. The van der Waals surface area contributed by atoms with Gasteiger partial charge in [-0.15, -0.1) is 0 Å². The van der Waals surface area contributed by atoms with Crippen LogP contribution in [0.5, 0.6) is 0 Å². The van der Waals surface area contributed by atoms with Crippen LogP contribution in [0.15, 0.2) is 18.2 Å². The number of hydrogen-bond donors (Lipinski definition) is 1. The Labute approximate surface area is 156 Å². The van der Waals surface area contributed by atoms with Crippen LogP contribution in [0.2, 0.25) is 0 Å². The van der Waals surface area contributed by atoms with E-state index in [1.54, 1.807) is 12.1 Å². The second-order valence-corrected chi connectivity index (χ2v) is 8.13. The first-order chi connectivity index (χ1) is 12.4. The van der Waals surface area contributed by atoms with Crippen molar-refractivity contribution in [1.82, 2.24) is 4.90 Å². The fourth-order valence-electron chi connectivity index (χ4n) is 4.60. The second kappa shape index (κ2) is 7.92. The van der Waals surface area contributed by atoms with E-state index in [1.807, 2.05) is 20.1 Å². The summed E-state index contributed by atoms with van der Waals surface area (Å²) in [5, 5.41) is 14.7. The highest BCUT2D eigenvalue weighted by atomic mass is 16.6. The minimum Gasteiger partial charge on any atom is -0.381 e. The molecule has 0 bridgehead atoms. The van der Waals surface area contributed by atoms with Gasteiger partial charge in [0.25, 0.3) is 5.69 Å². The molecule has 2 atom stereocenters. The van der Waals surface area contributed by atoms with Gasteiger partial charge in [-0.05, 0) is 64.0 Å².